The number of phenols is 3. The third-order valence-corrected chi connectivity index (χ3v) is 18.8. The van der Waals surface area contributed by atoms with Crippen LogP contribution in [-0.4, -0.2) is 147 Å². The molecule has 0 bridgehead atoms. The Labute approximate surface area is 831 Å². The first-order valence-electron chi connectivity index (χ1n) is 40.8. The van der Waals surface area contributed by atoms with E-state index in [1.807, 2.05) is 34.9 Å². The van der Waals surface area contributed by atoms with Crippen molar-refractivity contribution in [3.05, 3.63) is 427 Å². The Kier molecular flexibility index (Phi) is 52.6. The molecule has 0 saturated carbocycles. The number of benzene rings is 13. The number of methoxy groups -OCH3 is 5. The average Bonchev–Trinajstić information content (AvgIpc) is 0.821. The summed E-state index contributed by atoms with van der Waals surface area (Å²) in [6.07, 6.45) is 5.69. The number of carbonyl (C=O) groups is 15. The summed E-state index contributed by atoms with van der Waals surface area (Å²) in [7, 11) is 6.69. The molecule has 0 unspecified atom stereocenters. The lowest BCUT2D eigenvalue weighted by atomic mass is 10.1. The molecule has 14 rings (SSSR count). The summed E-state index contributed by atoms with van der Waals surface area (Å²) >= 11 is 11.1. The predicted octanol–water partition coefficient (Wildman–Crippen LogP) is 19.4. The zero-order chi connectivity index (χ0) is 101. The van der Waals surface area contributed by atoms with E-state index in [0.717, 1.165) is 58.5 Å². The van der Waals surface area contributed by atoms with Gasteiger partial charge in [0.1, 0.15) is 97.4 Å². The number of rotatable bonds is 27. The van der Waals surface area contributed by atoms with E-state index in [0.29, 0.717) is 127 Å². The number of nitrogens with one attached hydrogen (secondary N) is 2. The number of ether oxygens (including phenoxy) is 9. The van der Waals surface area contributed by atoms with Crippen molar-refractivity contribution >= 4 is 145 Å². The number of halogens is 4. The molecule has 30 nitrogen and oxygen atoms in total. The minimum Gasteiger partial charge on any atom is -0.508 e. The standard InChI is InChI=1S/C20H16N2O6.3C16H14O4.C9H9ClO2.C8H7ClO2.3C7H6O2.FH.HI.H2/c1-27-19(25)14-7-4-5-12(9-14)11-28-16-8-3-2-6-13(16)10-15-17(23)21-20(26)22-18(15)24;1-19-16(18)14-6-2-5-13(8-14)11-20-15-7-3-4-12(9-15)10-17;1-19-16(18)13-7-4-5-12(9-13)11-20-15-8-3-2-6-14(15)10-17;1-19-16(18)14-4-2-3-13(9-14)11-20-15-7-5-12(10-17)6-8-15;1-12-9(11)8-4-2-3-7(5-8)6-10;9-5-6-2-1-3-7(4-6)8(10)11;8-5-6-1-3-7(9)4-2-6;8-5-6-2-1-3-7(9)4-6;8-5-6-3-1-2-4-7(6)9;;;/h2-10H,11H2,1H3,(H2,21,22,23,24,26);3*2-10H,11H2,1H3;2-5H,6H2,1H3;1-4H,5H2,(H,10,11);3*1-5,9H;3*1H. The SMILES string of the molecule is COC(=O)c1cccc(CCl)c1.COC(=O)c1cccc(COc2ccc(C=O)cc2)c1.COC(=O)c1cccc(COc2cccc(C=O)c2)c1.COC(=O)c1cccc(COc2ccccc2C=C2C(=O)NC(=O)NC2=O)c1.COC(=O)c1cccc(COc2ccccc2C=O)c1.F.I.O=C(O)c1cccc(CCl)c1.O=Cc1ccc(O)cc1.O=Cc1cccc(O)c1.O=Cc1ccccc1O.[HH]. The zero-order valence-corrected chi connectivity index (χ0v) is 79.3. The molecule has 0 radical (unpaired) electrons. The highest BCUT2D eigenvalue weighted by molar-refractivity contribution is 14.0. The molecule has 1 aliphatic rings. The fourth-order valence-corrected chi connectivity index (χ4v) is 11.6. The van der Waals surface area contributed by atoms with Crippen LogP contribution in [0.25, 0.3) is 6.08 Å². The van der Waals surface area contributed by atoms with Crippen LogP contribution >= 0.6 is 47.2 Å². The number of imide groups is 2. The van der Waals surface area contributed by atoms with Crippen molar-refractivity contribution in [3.63, 3.8) is 0 Å². The Morgan fingerprint density at radius 2 is 0.636 bits per heavy atom. The van der Waals surface area contributed by atoms with E-state index in [1.165, 1.54) is 72.0 Å². The van der Waals surface area contributed by atoms with E-state index in [-0.39, 0.29) is 95.6 Å². The summed E-state index contributed by atoms with van der Waals surface area (Å²) < 4.78 is 45.8. The van der Waals surface area contributed by atoms with Gasteiger partial charge in [0.05, 0.1) is 80.1 Å². The molecule has 1 saturated heterocycles. The van der Waals surface area contributed by atoms with Gasteiger partial charge < -0.3 is 63.1 Å². The van der Waals surface area contributed by atoms with E-state index >= 15 is 0 Å². The van der Waals surface area contributed by atoms with Crippen LogP contribution in [0.5, 0.6) is 40.2 Å². The molecule has 0 atom stereocenters. The van der Waals surface area contributed by atoms with E-state index in [4.69, 9.17) is 67.3 Å². The first-order valence-corrected chi connectivity index (χ1v) is 41.9. The Morgan fingerprint density at radius 3 is 1.00 bits per heavy atom. The molecule has 6 N–H and O–H groups in total. The van der Waals surface area contributed by atoms with Gasteiger partial charge in [-0.2, -0.15) is 0 Å². The Balaban J connectivity index is 0.000000418. The Morgan fingerprint density at radius 1 is 0.314 bits per heavy atom. The molecule has 0 aliphatic carbocycles. The van der Waals surface area contributed by atoms with Crippen LogP contribution in [0.1, 0.15) is 165 Å². The fraction of sp³-hybridized carbons (Fsp3) is 0.104. The molecule has 1 fully saturated rings. The number of esters is 5. The molecule has 1 heterocycles. The summed E-state index contributed by atoms with van der Waals surface area (Å²) in [5.41, 5.74) is 11.0. The topological polar surface area (TPSA) is 444 Å². The maximum Gasteiger partial charge on any atom is 0.337 e. The van der Waals surface area contributed by atoms with Crippen molar-refractivity contribution < 1.29 is 141 Å². The number of phenolic OH excluding ortho intramolecular Hbond substituents is 3. The summed E-state index contributed by atoms with van der Waals surface area (Å²) in [5, 5.41) is 39.0. The highest BCUT2D eigenvalue weighted by Gasteiger charge is 2.28. The third kappa shape index (κ3) is 41.0. The summed E-state index contributed by atoms with van der Waals surface area (Å²) in [6, 6.07) is 86.8. The van der Waals surface area contributed by atoms with E-state index in [2.05, 4.69) is 18.9 Å². The van der Waals surface area contributed by atoms with Gasteiger partial charge in [-0.05, 0) is 215 Å². The first-order chi connectivity index (χ1) is 66.7. The van der Waals surface area contributed by atoms with E-state index in [1.54, 1.807) is 261 Å². The first kappa shape index (κ1) is 115. The molecular weight excluding hydrogens is 1970 g/mol. The highest BCUT2D eigenvalue weighted by Crippen LogP contribution is 2.26. The molecule has 140 heavy (non-hydrogen) atoms. The lowest BCUT2D eigenvalue weighted by Gasteiger charge is -2.15. The van der Waals surface area contributed by atoms with Crippen LogP contribution in [0, 0.1) is 0 Å². The van der Waals surface area contributed by atoms with E-state index < -0.39 is 29.8 Å². The van der Waals surface area contributed by atoms with Crippen LogP contribution in [0.2, 0.25) is 0 Å². The van der Waals surface area contributed by atoms with Crippen molar-refractivity contribution in [2.24, 2.45) is 0 Å². The van der Waals surface area contributed by atoms with Crippen LogP contribution in [0.15, 0.2) is 321 Å². The number of urea groups is 1. The van der Waals surface area contributed by atoms with Crippen molar-refractivity contribution in [2.45, 2.75) is 38.2 Å². The quantitative estimate of drug-likeness (QED) is 0.00529. The number of hydrogen-bond donors (Lipinski definition) is 6. The Bertz CT molecular complexity index is 6340. The summed E-state index contributed by atoms with van der Waals surface area (Å²) in [5.74, 6) is -1.09. The number of aromatic carboxylic acids is 1. The lowest BCUT2D eigenvalue weighted by Crippen LogP contribution is -2.51. The number of para-hydroxylation sites is 3. The number of carboxylic acids is 1. The highest BCUT2D eigenvalue weighted by atomic mass is 127. The number of amides is 4. The largest absolute Gasteiger partial charge is 0.508 e. The second kappa shape index (κ2) is 64.0. The smallest absolute Gasteiger partial charge is 0.337 e. The number of alkyl halides is 2. The molecule has 13 aromatic rings. The summed E-state index contributed by atoms with van der Waals surface area (Å²) in [4.78, 5) is 165. The van der Waals surface area contributed by atoms with Crippen LogP contribution in [0.4, 0.5) is 9.50 Å². The molecule has 0 spiro atoms. The van der Waals surface area contributed by atoms with Gasteiger partial charge in [-0.25, -0.2) is 33.6 Å². The third-order valence-electron chi connectivity index (χ3n) is 18.1. The minimum atomic E-state index is -0.919. The molecule has 726 valence electrons. The van der Waals surface area contributed by atoms with Crippen LogP contribution in [-0.2, 0) is 71.5 Å². The average molecular weight is 2060 g/mol. The van der Waals surface area contributed by atoms with Crippen molar-refractivity contribution in [2.75, 3.05) is 35.5 Å². The minimum absolute atomic E-state index is 0. The van der Waals surface area contributed by atoms with Gasteiger partial charge in [0.2, 0.25) is 0 Å². The molecule has 0 aromatic heterocycles. The zero-order valence-electron chi connectivity index (χ0n) is 75.5. The van der Waals surface area contributed by atoms with Crippen LogP contribution in [0.3, 0.4) is 0 Å². The van der Waals surface area contributed by atoms with Crippen molar-refractivity contribution in [1.82, 2.24) is 10.6 Å². The van der Waals surface area contributed by atoms with Gasteiger partial charge in [0.15, 0.2) is 12.6 Å². The van der Waals surface area contributed by atoms with Gasteiger partial charge in [-0.3, -0.25) is 53.7 Å². The van der Waals surface area contributed by atoms with Crippen LogP contribution < -0.4 is 29.6 Å². The maximum atomic E-state index is 11.9. The Hall–Kier alpha value is -17.1. The molecule has 34 heteroatoms. The van der Waals surface area contributed by atoms with Crippen molar-refractivity contribution in [3.8, 4) is 40.2 Å². The molecule has 4 amide bonds. The second-order valence-electron chi connectivity index (χ2n) is 27.9. The number of barbiturate groups is 1. The maximum absolute atomic E-state index is 11.9. The number of carbonyl (C=O) groups excluding carboxylic acids is 14. The van der Waals surface area contributed by atoms with E-state index in [9.17, 15) is 71.9 Å². The van der Waals surface area contributed by atoms with Crippen molar-refractivity contribution in [1.29, 1.82) is 0 Å². The number of aromatic hydroxyl groups is 3. The fourth-order valence-electron chi connectivity index (χ4n) is 11.2. The number of carboxylic acid groups (broad SMARTS) is 1. The predicted molar refractivity (Wildman–Crippen MR) is 531 cm³/mol. The number of hydrogen-bond acceptors (Lipinski definition) is 27. The normalized spacial score (nSPS) is 10.2. The second-order valence-corrected chi connectivity index (χ2v) is 28.4. The van der Waals surface area contributed by atoms with Gasteiger partial charge in [0.25, 0.3) is 11.8 Å². The molecule has 13 aromatic carbocycles. The molecule has 1 aliphatic heterocycles. The number of aldehydes is 6. The summed E-state index contributed by atoms with van der Waals surface area (Å²) in [6.45, 7) is 1.08. The molecular formula is C106H96Cl2FIN2O28. The lowest BCUT2D eigenvalue weighted by molar-refractivity contribution is -0.124. The van der Waals surface area contributed by atoms with Gasteiger partial charge >= 0.3 is 41.8 Å². The van der Waals surface area contributed by atoms with Gasteiger partial charge in [-0.15, -0.1) is 47.2 Å². The monoisotopic (exact) mass is 2060 g/mol. The van der Waals surface area contributed by atoms with Gasteiger partial charge in [-0.1, -0.05) is 140 Å². The van der Waals surface area contributed by atoms with Gasteiger partial charge in [0, 0.05) is 41.0 Å².